The number of primary amides is 1. The van der Waals surface area contributed by atoms with Gasteiger partial charge in [0.15, 0.2) is 0 Å². The van der Waals surface area contributed by atoms with Crippen molar-refractivity contribution in [3.8, 4) is 11.5 Å². The monoisotopic (exact) mass is 324 g/mol. The molecule has 19 heavy (non-hydrogen) atoms. The van der Waals surface area contributed by atoms with Crippen LogP contribution in [0, 0.1) is 5.82 Å². The van der Waals surface area contributed by atoms with Gasteiger partial charge in [0.25, 0.3) is 5.91 Å². The molecule has 98 valence electrons. The largest absolute Gasteiger partial charge is 0.455 e. The van der Waals surface area contributed by atoms with Gasteiger partial charge in [0, 0.05) is 5.69 Å². The average molecular weight is 325 g/mol. The van der Waals surface area contributed by atoms with Crippen LogP contribution in [0.25, 0.3) is 0 Å². The van der Waals surface area contributed by atoms with Crippen LogP contribution in [-0.4, -0.2) is 5.91 Å². The van der Waals surface area contributed by atoms with Gasteiger partial charge < -0.3 is 16.2 Å². The number of hydrogen-bond acceptors (Lipinski definition) is 3. The van der Waals surface area contributed by atoms with Crippen molar-refractivity contribution in [2.24, 2.45) is 5.73 Å². The Hall–Kier alpha value is -2.08. The molecule has 0 saturated heterocycles. The number of anilines is 1. The molecule has 0 aliphatic heterocycles. The van der Waals surface area contributed by atoms with E-state index in [2.05, 4.69) is 15.9 Å². The van der Waals surface area contributed by atoms with E-state index in [9.17, 15) is 9.18 Å². The number of benzene rings is 2. The van der Waals surface area contributed by atoms with Crippen molar-refractivity contribution in [2.75, 3.05) is 5.73 Å². The lowest BCUT2D eigenvalue weighted by atomic mass is 10.1. The van der Waals surface area contributed by atoms with Crippen molar-refractivity contribution in [3.63, 3.8) is 0 Å². The molecule has 0 fully saturated rings. The van der Waals surface area contributed by atoms with Crippen LogP contribution in [0.5, 0.6) is 11.5 Å². The van der Waals surface area contributed by atoms with Gasteiger partial charge in [-0.2, -0.15) is 0 Å². The van der Waals surface area contributed by atoms with Crippen molar-refractivity contribution in [1.29, 1.82) is 0 Å². The quantitative estimate of drug-likeness (QED) is 0.851. The van der Waals surface area contributed by atoms with Gasteiger partial charge in [-0.25, -0.2) is 4.39 Å². The highest BCUT2D eigenvalue weighted by Gasteiger charge is 2.12. The minimum atomic E-state index is -0.652. The summed E-state index contributed by atoms with van der Waals surface area (Å²) in [4.78, 5) is 11.3. The van der Waals surface area contributed by atoms with E-state index in [-0.39, 0.29) is 11.3 Å². The molecule has 0 atom stereocenters. The zero-order valence-electron chi connectivity index (χ0n) is 9.69. The summed E-state index contributed by atoms with van der Waals surface area (Å²) < 4.78 is 18.9. The fourth-order valence-corrected chi connectivity index (χ4v) is 1.94. The van der Waals surface area contributed by atoms with Crippen LogP contribution in [0.1, 0.15) is 10.4 Å². The minimum absolute atomic E-state index is 0.163. The van der Waals surface area contributed by atoms with E-state index in [0.717, 1.165) is 0 Å². The molecule has 0 unspecified atom stereocenters. The highest BCUT2D eigenvalue weighted by Crippen LogP contribution is 2.32. The summed E-state index contributed by atoms with van der Waals surface area (Å²) in [5, 5.41) is 0. The van der Waals surface area contributed by atoms with Gasteiger partial charge in [-0.3, -0.25) is 4.79 Å². The smallest absolute Gasteiger partial charge is 0.252 e. The second-order valence-electron chi connectivity index (χ2n) is 3.80. The Bertz CT molecular complexity index is 647. The first kappa shape index (κ1) is 13.4. The predicted octanol–water partition coefficient (Wildman–Crippen LogP) is 3.06. The van der Waals surface area contributed by atoms with Crippen molar-refractivity contribution in [1.82, 2.24) is 0 Å². The summed E-state index contributed by atoms with van der Waals surface area (Å²) in [7, 11) is 0. The topological polar surface area (TPSA) is 78.3 Å². The second kappa shape index (κ2) is 5.27. The number of carbonyl (C=O) groups is 1. The van der Waals surface area contributed by atoms with E-state index >= 15 is 0 Å². The lowest BCUT2D eigenvalue weighted by molar-refractivity contribution is 0.0998. The van der Waals surface area contributed by atoms with Crippen LogP contribution in [0.2, 0.25) is 0 Å². The normalized spacial score (nSPS) is 10.2. The molecule has 2 aromatic rings. The summed E-state index contributed by atoms with van der Waals surface area (Å²) in [6.07, 6.45) is 0. The number of hydrogen-bond donors (Lipinski definition) is 2. The number of amides is 1. The SMILES string of the molecule is NC(=O)c1cc(N)ccc1Oc1ccc(F)cc1Br. The van der Waals surface area contributed by atoms with Gasteiger partial charge in [-0.15, -0.1) is 0 Å². The minimum Gasteiger partial charge on any atom is -0.455 e. The standard InChI is InChI=1S/C13H10BrFN2O2/c14-10-5-7(15)1-3-12(10)19-11-4-2-8(16)6-9(11)13(17)18/h1-6H,16H2,(H2,17,18). The fraction of sp³-hybridized carbons (Fsp3) is 0. The third kappa shape index (κ3) is 3.03. The first-order valence-corrected chi connectivity index (χ1v) is 6.09. The summed E-state index contributed by atoms with van der Waals surface area (Å²) in [5.41, 5.74) is 11.4. The van der Waals surface area contributed by atoms with Crippen molar-refractivity contribution < 1.29 is 13.9 Å². The number of nitrogen functional groups attached to an aromatic ring is 1. The number of nitrogens with two attached hydrogens (primary N) is 2. The van der Waals surface area contributed by atoms with Crippen LogP contribution in [0.3, 0.4) is 0 Å². The summed E-state index contributed by atoms with van der Waals surface area (Å²) in [6.45, 7) is 0. The Kier molecular flexibility index (Phi) is 3.71. The van der Waals surface area contributed by atoms with Gasteiger partial charge in [0.2, 0.25) is 0 Å². The van der Waals surface area contributed by atoms with Gasteiger partial charge >= 0.3 is 0 Å². The highest BCUT2D eigenvalue weighted by atomic mass is 79.9. The molecule has 0 aliphatic carbocycles. The van der Waals surface area contributed by atoms with E-state index in [4.69, 9.17) is 16.2 Å². The zero-order valence-corrected chi connectivity index (χ0v) is 11.3. The molecule has 0 heterocycles. The lowest BCUT2D eigenvalue weighted by Crippen LogP contribution is -2.12. The van der Waals surface area contributed by atoms with Crippen molar-refractivity contribution >= 4 is 27.5 Å². The number of carbonyl (C=O) groups excluding carboxylic acids is 1. The summed E-state index contributed by atoms with van der Waals surface area (Å²) in [5.74, 6) is -0.421. The zero-order chi connectivity index (χ0) is 14.0. The fourth-order valence-electron chi connectivity index (χ4n) is 1.51. The molecule has 2 aromatic carbocycles. The molecule has 2 rings (SSSR count). The maximum absolute atomic E-state index is 13.0. The molecule has 0 spiro atoms. The highest BCUT2D eigenvalue weighted by molar-refractivity contribution is 9.10. The molecule has 4 N–H and O–H groups in total. The number of rotatable bonds is 3. The maximum Gasteiger partial charge on any atom is 0.252 e. The molecule has 0 aliphatic rings. The van der Waals surface area contributed by atoms with Crippen molar-refractivity contribution in [2.45, 2.75) is 0 Å². The maximum atomic E-state index is 13.0. The van der Waals surface area contributed by atoms with E-state index in [1.165, 1.54) is 30.3 Å². The second-order valence-corrected chi connectivity index (χ2v) is 4.65. The molecule has 0 aromatic heterocycles. The number of halogens is 2. The first-order chi connectivity index (χ1) is 8.97. The van der Waals surface area contributed by atoms with Gasteiger partial charge in [0.05, 0.1) is 10.0 Å². The molecule has 6 heteroatoms. The summed E-state index contributed by atoms with van der Waals surface area (Å²) in [6, 6.07) is 8.50. The molecule has 1 amide bonds. The van der Waals surface area contributed by atoms with Crippen LogP contribution < -0.4 is 16.2 Å². The summed E-state index contributed by atoms with van der Waals surface area (Å²) >= 11 is 3.17. The molecule has 0 bridgehead atoms. The number of ether oxygens (including phenoxy) is 1. The van der Waals surface area contributed by atoms with E-state index in [1.54, 1.807) is 6.07 Å². The molecule has 4 nitrogen and oxygen atoms in total. The van der Waals surface area contributed by atoms with E-state index in [0.29, 0.717) is 15.9 Å². The Morgan fingerprint density at radius 3 is 2.47 bits per heavy atom. The predicted molar refractivity (Wildman–Crippen MR) is 73.5 cm³/mol. The van der Waals surface area contributed by atoms with Gasteiger partial charge in [-0.05, 0) is 52.3 Å². The lowest BCUT2D eigenvalue weighted by Gasteiger charge is -2.11. The van der Waals surface area contributed by atoms with Crippen LogP contribution in [0.4, 0.5) is 10.1 Å². The molecular weight excluding hydrogens is 315 g/mol. The van der Waals surface area contributed by atoms with Crippen LogP contribution >= 0.6 is 15.9 Å². The first-order valence-electron chi connectivity index (χ1n) is 5.29. The Labute approximate surface area is 117 Å². The average Bonchev–Trinajstić information content (AvgIpc) is 2.34. The van der Waals surface area contributed by atoms with E-state index in [1.807, 2.05) is 0 Å². The van der Waals surface area contributed by atoms with Crippen LogP contribution in [-0.2, 0) is 0 Å². The Balaban J connectivity index is 2.40. The Morgan fingerprint density at radius 1 is 1.16 bits per heavy atom. The van der Waals surface area contributed by atoms with Crippen molar-refractivity contribution in [3.05, 3.63) is 52.3 Å². The Morgan fingerprint density at radius 2 is 1.84 bits per heavy atom. The van der Waals surface area contributed by atoms with Gasteiger partial charge in [0.1, 0.15) is 17.3 Å². The van der Waals surface area contributed by atoms with Crippen LogP contribution in [0.15, 0.2) is 40.9 Å². The molecule has 0 saturated carbocycles. The van der Waals surface area contributed by atoms with E-state index < -0.39 is 11.7 Å². The molecule has 0 radical (unpaired) electrons. The third-order valence-corrected chi connectivity index (χ3v) is 3.00. The molecular formula is C13H10BrFN2O2. The van der Waals surface area contributed by atoms with Gasteiger partial charge in [-0.1, -0.05) is 0 Å². The third-order valence-electron chi connectivity index (χ3n) is 2.38.